The lowest BCUT2D eigenvalue weighted by atomic mass is 10.3. The molecule has 0 saturated carbocycles. The fourth-order valence-electron chi connectivity index (χ4n) is 1.93. The van der Waals surface area contributed by atoms with Gasteiger partial charge in [0.2, 0.25) is 15.9 Å². The predicted molar refractivity (Wildman–Crippen MR) is 96.3 cm³/mol. The van der Waals surface area contributed by atoms with Crippen molar-refractivity contribution in [1.82, 2.24) is 0 Å². The molecule has 0 spiro atoms. The SMILES string of the molecule is CS(=O)(=O)Nc1ccc(NC(=O)COCCOc2ccccc2)cc1. The number of sulfonamides is 1. The van der Waals surface area contributed by atoms with E-state index >= 15 is 0 Å². The van der Waals surface area contributed by atoms with Crippen LogP contribution in [0.5, 0.6) is 5.75 Å². The van der Waals surface area contributed by atoms with Crippen molar-refractivity contribution in [2.75, 3.05) is 36.1 Å². The minimum atomic E-state index is -3.32. The third kappa shape index (κ3) is 7.69. The molecule has 0 saturated heterocycles. The average Bonchev–Trinajstić information content (AvgIpc) is 2.56. The van der Waals surface area contributed by atoms with Gasteiger partial charge in [-0.1, -0.05) is 18.2 Å². The second-order valence-corrected chi connectivity index (χ2v) is 6.96. The van der Waals surface area contributed by atoms with Crippen LogP contribution in [0.1, 0.15) is 0 Å². The van der Waals surface area contributed by atoms with Crippen molar-refractivity contribution >= 4 is 27.3 Å². The monoisotopic (exact) mass is 364 g/mol. The Bertz CT molecular complexity index is 776. The highest BCUT2D eigenvalue weighted by Crippen LogP contribution is 2.14. The van der Waals surface area contributed by atoms with Gasteiger partial charge in [0.05, 0.1) is 12.9 Å². The molecular formula is C17H20N2O5S. The Morgan fingerprint density at radius 1 is 0.960 bits per heavy atom. The lowest BCUT2D eigenvalue weighted by Crippen LogP contribution is -2.20. The Labute approximate surface area is 147 Å². The maximum atomic E-state index is 11.8. The van der Waals surface area contributed by atoms with E-state index in [0.717, 1.165) is 12.0 Å². The van der Waals surface area contributed by atoms with E-state index in [1.807, 2.05) is 30.3 Å². The van der Waals surface area contributed by atoms with Crippen LogP contribution in [-0.4, -0.2) is 40.4 Å². The summed E-state index contributed by atoms with van der Waals surface area (Å²) in [7, 11) is -3.32. The standard InChI is InChI=1S/C17H20N2O5S/c1-25(21,22)19-15-9-7-14(8-10-15)18-17(20)13-23-11-12-24-16-5-3-2-4-6-16/h2-10,19H,11-13H2,1H3,(H,18,20). The quantitative estimate of drug-likeness (QED) is 0.665. The van der Waals surface area contributed by atoms with Crippen molar-refractivity contribution in [2.45, 2.75) is 0 Å². The summed E-state index contributed by atoms with van der Waals surface area (Å²) in [5.74, 6) is 0.446. The summed E-state index contributed by atoms with van der Waals surface area (Å²) in [4.78, 5) is 11.8. The Balaban J connectivity index is 1.66. The zero-order chi connectivity index (χ0) is 18.1. The van der Waals surface area contributed by atoms with Crippen LogP contribution in [0.4, 0.5) is 11.4 Å². The van der Waals surface area contributed by atoms with Crippen molar-refractivity contribution in [3.05, 3.63) is 54.6 Å². The van der Waals surface area contributed by atoms with Gasteiger partial charge in [0.1, 0.15) is 19.0 Å². The van der Waals surface area contributed by atoms with Gasteiger partial charge in [0.15, 0.2) is 0 Å². The van der Waals surface area contributed by atoms with Gasteiger partial charge in [-0.15, -0.1) is 0 Å². The first-order valence-corrected chi connectivity index (χ1v) is 9.45. The number of para-hydroxylation sites is 1. The summed E-state index contributed by atoms with van der Waals surface area (Å²) >= 11 is 0. The molecule has 2 rings (SSSR count). The predicted octanol–water partition coefficient (Wildman–Crippen LogP) is 2.09. The van der Waals surface area contributed by atoms with E-state index in [2.05, 4.69) is 10.0 Å². The summed E-state index contributed by atoms with van der Waals surface area (Å²) < 4.78 is 35.3. The van der Waals surface area contributed by atoms with E-state index in [0.29, 0.717) is 24.6 Å². The molecule has 7 nitrogen and oxygen atoms in total. The van der Waals surface area contributed by atoms with Crippen molar-refractivity contribution in [3.8, 4) is 5.75 Å². The molecule has 0 aliphatic rings. The number of amides is 1. The van der Waals surface area contributed by atoms with Crippen LogP contribution in [0, 0.1) is 0 Å². The van der Waals surface area contributed by atoms with E-state index < -0.39 is 10.0 Å². The lowest BCUT2D eigenvalue weighted by Gasteiger charge is -2.09. The van der Waals surface area contributed by atoms with Crippen molar-refractivity contribution < 1.29 is 22.7 Å². The Hall–Kier alpha value is -2.58. The zero-order valence-corrected chi connectivity index (χ0v) is 14.6. The maximum absolute atomic E-state index is 11.8. The zero-order valence-electron chi connectivity index (χ0n) is 13.8. The molecule has 0 fully saturated rings. The number of carbonyl (C=O) groups is 1. The molecule has 1 amide bonds. The number of hydrogen-bond donors (Lipinski definition) is 2. The second kappa shape index (κ2) is 9.05. The van der Waals surface area contributed by atoms with Crippen LogP contribution in [-0.2, 0) is 19.6 Å². The van der Waals surface area contributed by atoms with Gasteiger partial charge in [-0.25, -0.2) is 8.42 Å². The van der Waals surface area contributed by atoms with Crippen LogP contribution in [0.25, 0.3) is 0 Å². The largest absolute Gasteiger partial charge is 0.491 e. The van der Waals surface area contributed by atoms with Crippen LogP contribution in [0.2, 0.25) is 0 Å². The molecule has 0 heterocycles. The van der Waals surface area contributed by atoms with Gasteiger partial charge in [-0.3, -0.25) is 9.52 Å². The van der Waals surface area contributed by atoms with Crippen molar-refractivity contribution in [1.29, 1.82) is 0 Å². The minimum Gasteiger partial charge on any atom is -0.491 e. The third-order valence-electron chi connectivity index (χ3n) is 2.94. The van der Waals surface area contributed by atoms with Crippen LogP contribution in [0.3, 0.4) is 0 Å². The van der Waals surface area contributed by atoms with E-state index in [1.165, 1.54) is 0 Å². The number of anilines is 2. The van der Waals surface area contributed by atoms with Crippen molar-refractivity contribution in [2.24, 2.45) is 0 Å². The molecule has 8 heteroatoms. The molecule has 2 N–H and O–H groups in total. The maximum Gasteiger partial charge on any atom is 0.250 e. The molecule has 2 aromatic carbocycles. The van der Waals surface area contributed by atoms with Gasteiger partial charge in [0, 0.05) is 11.4 Å². The van der Waals surface area contributed by atoms with Crippen molar-refractivity contribution in [3.63, 3.8) is 0 Å². The molecule has 0 radical (unpaired) electrons. The third-order valence-corrected chi connectivity index (χ3v) is 3.55. The number of carbonyl (C=O) groups excluding carboxylic acids is 1. The Kier molecular flexibility index (Phi) is 6.79. The molecule has 0 atom stereocenters. The molecule has 0 aliphatic carbocycles. The number of ether oxygens (including phenoxy) is 2. The van der Waals surface area contributed by atoms with Crippen LogP contribution >= 0.6 is 0 Å². The highest BCUT2D eigenvalue weighted by atomic mass is 32.2. The van der Waals surface area contributed by atoms with Gasteiger partial charge in [-0.2, -0.15) is 0 Å². The fourth-order valence-corrected chi connectivity index (χ4v) is 2.50. The number of rotatable bonds is 9. The molecule has 134 valence electrons. The summed E-state index contributed by atoms with van der Waals surface area (Å²) in [6, 6.07) is 15.7. The summed E-state index contributed by atoms with van der Waals surface area (Å²) in [6.07, 6.45) is 1.07. The highest BCUT2D eigenvalue weighted by Gasteiger charge is 2.05. The molecule has 25 heavy (non-hydrogen) atoms. The summed E-state index contributed by atoms with van der Waals surface area (Å²) in [5.41, 5.74) is 0.975. The summed E-state index contributed by atoms with van der Waals surface area (Å²) in [5, 5.41) is 2.66. The van der Waals surface area contributed by atoms with E-state index in [-0.39, 0.29) is 12.5 Å². The van der Waals surface area contributed by atoms with Gasteiger partial charge < -0.3 is 14.8 Å². The van der Waals surface area contributed by atoms with E-state index in [4.69, 9.17) is 9.47 Å². The van der Waals surface area contributed by atoms with Gasteiger partial charge >= 0.3 is 0 Å². The highest BCUT2D eigenvalue weighted by molar-refractivity contribution is 7.92. The van der Waals surface area contributed by atoms with E-state index in [9.17, 15) is 13.2 Å². The fraction of sp³-hybridized carbons (Fsp3) is 0.235. The Morgan fingerprint density at radius 3 is 2.24 bits per heavy atom. The van der Waals surface area contributed by atoms with Crippen LogP contribution < -0.4 is 14.8 Å². The first-order valence-electron chi connectivity index (χ1n) is 7.56. The molecule has 0 bridgehead atoms. The molecule has 2 aromatic rings. The normalized spacial score (nSPS) is 10.9. The molecule has 0 unspecified atom stereocenters. The average molecular weight is 364 g/mol. The van der Waals surface area contributed by atoms with E-state index in [1.54, 1.807) is 24.3 Å². The number of hydrogen-bond acceptors (Lipinski definition) is 5. The second-order valence-electron chi connectivity index (χ2n) is 5.21. The molecule has 0 aromatic heterocycles. The molecular weight excluding hydrogens is 344 g/mol. The number of benzene rings is 2. The minimum absolute atomic E-state index is 0.0957. The molecule has 0 aliphatic heterocycles. The van der Waals surface area contributed by atoms with Gasteiger partial charge in [0.25, 0.3) is 0 Å². The smallest absolute Gasteiger partial charge is 0.250 e. The summed E-state index contributed by atoms with van der Waals surface area (Å²) in [6.45, 7) is 0.546. The Morgan fingerprint density at radius 2 is 1.60 bits per heavy atom. The van der Waals surface area contributed by atoms with Gasteiger partial charge in [-0.05, 0) is 36.4 Å². The first kappa shape index (κ1) is 18.8. The number of nitrogens with one attached hydrogen (secondary N) is 2. The van der Waals surface area contributed by atoms with Crippen LogP contribution in [0.15, 0.2) is 54.6 Å². The lowest BCUT2D eigenvalue weighted by molar-refractivity contribution is -0.120. The first-order chi connectivity index (χ1) is 11.9. The topological polar surface area (TPSA) is 93.7 Å².